The Morgan fingerprint density at radius 3 is 2.56 bits per heavy atom. The third-order valence-corrected chi connectivity index (χ3v) is 2.76. The average Bonchev–Trinajstić information content (AvgIpc) is 2.24. The maximum atomic E-state index is 13.6. The summed E-state index contributed by atoms with van der Waals surface area (Å²) in [4.78, 5) is 0. The molecule has 2 nitrogen and oxygen atoms in total. The van der Waals surface area contributed by atoms with Gasteiger partial charge in [0.15, 0.2) is 11.6 Å². The lowest BCUT2D eigenvalue weighted by molar-refractivity contribution is 0.369. The van der Waals surface area contributed by atoms with Gasteiger partial charge in [-0.1, -0.05) is 18.5 Å². The van der Waals surface area contributed by atoms with E-state index in [9.17, 15) is 8.78 Å². The molecule has 0 spiro atoms. The van der Waals surface area contributed by atoms with E-state index < -0.39 is 11.6 Å². The van der Waals surface area contributed by atoms with Gasteiger partial charge in [-0.3, -0.25) is 0 Å². The van der Waals surface area contributed by atoms with Gasteiger partial charge in [0.2, 0.25) is 5.82 Å². The van der Waals surface area contributed by atoms with Crippen LogP contribution in [0.4, 0.5) is 8.78 Å². The predicted molar refractivity (Wildman–Crippen MR) is 60.0 cm³/mol. The van der Waals surface area contributed by atoms with Crippen molar-refractivity contribution in [1.29, 1.82) is 0 Å². The third kappa shape index (κ3) is 2.44. The fourth-order valence-electron chi connectivity index (χ4n) is 1.55. The van der Waals surface area contributed by atoms with E-state index >= 15 is 0 Å². The normalized spacial score (nSPS) is 12.6. The van der Waals surface area contributed by atoms with Crippen molar-refractivity contribution in [2.45, 2.75) is 19.3 Å². The lowest BCUT2D eigenvalue weighted by Gasteiger charge is -2.14. The van der Waals surface area contributed by atoms with Crippen molar-refractivity contribution in [1.82, 2.24) is 0 Å². The van der Waals surface area contributed by atoms with Crippen LogP contribution in [-0.2, 0) is 0 Å². The topological polar surface area (TPSA) is 35.2 Å². The Balaban J connectivity index is 3.22. The van der Waals surface area contributed by atoms with Gasteiger partial charge in [0.25, 0.3) is 0 Å². The highest BCUT2D eigenvalue weighted by Crippen LogP contribution is 2.35. The van der Waals surface area contributed by atoms with Crippen LogP contribution in [0.1, 0.15) is 24.8 Å². The monoisotopic (exact) mass is 249 g/mol. The van der Waals surface area contributed by atoms with E-state index in [0.29, 0.717) is 13.0 Å². The Kier molecular flexibility index (Phi) is 4.50. The van der Waals surface area contributed by atoms with Crippen molar-refractivity contribution >= 4 is 11.6 Å². The third-order valence-electron chi connectivity index (χ3n) is 2.48. The van der Waals surface area contributed by atoms with E-state index in [-0.39, 0.29) is 22.3 Å². The first kappa shape index (κ1) is 13.2. The second-order valence-corrected chi connectivity index (χ2v) is 3.99. The summed E-state index contributed by atoms with van der Waals surface area (Å²) in [6.07, 6.45) is 0.568. The Bertz CT molecular complexity index is 385. The molecular formula is C11H14ClF2NO. The van der Waals surface area contributed by atoms with Crippen LogP contribution in [-0.4, -0.2) is 13.7 Å². The maximum absolute atomic E-state index is 13.6. The van der Waals surface area contributed by atoms with E-state index in [2.05, 4.69) is 4.74 Å². The SMILES string of the molecule is COc1c(Cl)cc(C(C)CCN)c(F)c1F. The largest absolute Gasteiger partial charge is 0.492 e. The fraction of sp³-hybridized carbons (Fsp3) is 0.455. The molecule has 0 heterocycles. The van der Waals surface area contributed by atoms with Gasteiger partial charge in [-0.2, -0.15) is 4.39 Å². The number of ether oxygens (including phenoxy) is 1. The van der Waals surface area contributed by atoms with Gasteiger partial charge < -0.3 is 10.5 Å². The van der Waals surface area contributed by atoms with Gasteiger partial charge in [0.05, 0.1) is 12.1 Å². The van der Waals surface area contributed by atoms with Crippen LogP contribution in [0.25, 0.3) is 0 Å². The molecule has 16 heavy (non-hydrogen) atoms. The van der Waals surface area contributed by atoms with Crippen molar-refractivity contribution in [3.63, 3.8) is 0 Å². The van der Waals surface area contributed by atoms with E-state index in [1.807, 2.05) is 0 Å². The summed E-state index contributed by atoms with van der Waals surface area (Å²) in [5.74, 6) is -2.40. The van der Waals surface area contributed by atoms with E-state index in [1.54, 1.807) is 6.92 Å². The average molecular weight is 250 g/mol. The van der Waals surface area contributed by atoms with Crippen molar-refractivity contribution in [3.05, 3.63) is 28.3 Å². The summed E-state index contributed by atoms with van der Waals surface area (Å²) in [5, 5.41) is 0.0697. The molecule has 90 valence electrons. The first-order valence-electron chi connectivity index (χ1n) is 4.94. The molecule has 0 saturated carbocycles. The molecule has 1 rings (SSSR count). The van der Waals surface area contributed by atoms with E-state index in [1.165, 1.54) is 13.2 Å². The smallest absolute Gasteiger partial charge is 0.202 e. The number of hydrogen-bond donors (Lipinski definition) is 1. The molecule has 0 amide bonds. The Morgan fingerprint density at radius 2 is 2.06 bits per heavy atom. The second kappa shape index (κ2) is 5.46. The zero-order valence-corrected chi connectivity index (χ0v) is 9.94. The molecule has 0 saturated heterocycles. The molecule has 1 atom stereocenters. The number of nitrogens with two attached hydrogens (primary N) is 1. The minimum absolute atomic E-state index is 0.0697. The number of methoxy groups -OCH3 is 1. The first-order chi connectivity index (χ1) is 7.52. The van der Waals surface area contributed by atoms with Crippen LogP contribution < -0.4 is 10.5 Å². The highest BCUT2D eigenvalue weighted by Gasteiger charge is 2.21. The summed E-state index contributed by atoms with van der Waals surface area (Å²) >= 11 is 5.79. The van der Waals surface area contributed by atoms with E-state index in [4.69, 9.17) is 17.3 Å². The maximum Gasteiger partial charge on any atom is 0.202 e. The Labute approximate surface area is 98.3 Å². The van der Waals surface area contributed by atoms with Gasteiger partial charge in [-0.05, 0) is 30.5 Å². The minimum Gasteiger partial charge on any atom is -0.492 e. The molecule has 2 N–H and O–H groups in total. The van der Waals surface area contributed by atoms with Gasteiger partial charge in [0.1, 0.15) is 0 Å². The zero-order valence-electron chi connectivity index (χ0n) is 9.19. The quantitative estimate of drug-likeness (QED) is 0.833. The van der Waals surface area contributed by atoms with Crippen LogP contribution in [0.5, 0.6) is 5.75 Å². The lowest BCUT2D eigenvalue weighted by Crippen LogP contribution is -2.08. The molecule has 1 aromatic rings. The second-order valence-electron chi connectivity index (χ2n) is 3.59. The molecule has 0 aromatic heterocycles. The molecular weight excluding hydrogens is 236 g/mol. The lowest BCUT2D eigenvalue weighted by atomic mass is 9.97. The number of benzene rings is 1. The molecule has 1 aromatic carbocycles. The first-order valence-corrected chi connectivity index (χ1v) is 5.32. The summed E-state index contributed by atoms with van der Waals surface area (Å²) in [7, 11) is 1.24. The molecule has 5 heteroatoms. The van der Waals surface area contributed by atoms with Gasteiger partial charge >= 0.3 is 0 Å². The van der Waals surface area contributed by atoms with Crippen molar-refractivity contribution < 1.29 is 13.5 Å². The molecule has 1 unspecified atom stereocenters. The van der Waals surface area contributed by atoms with E-state index in [0.717, 1.165) is 0 Å². The molecule has 0 aliphatic heterocycles. The van der Waals surface area contributed by atoms with Crippen LogP contribution in [0.15, 0.2) is 6.07 Å². The van der Waals surface area contributed by atoms with Crippen molar-refractivity contribution in [3.8, 4) is 5.75 Å². The predicted octanol–water partition coefficient (Wildman–Crippen LogP) is 3.08. The number of hydrogen-bond acceptors (Lipinski definition) is 2. The molecule has 0 radical (unpaired) electrons. The number of halogens is 3. The standard InChI is InChI=1S/C11H14ClF2NO/c1-6(3-4-15)7-5-8(12)11(16-2)10(14)9(7)13/h5-6H,3-4,15H2,1-2H3. The van der Waals surface area contributed by atoms with Crippen molar-refractivity contribution in [2.75, 3.05) is 13.7 Å². The highest BCUT2D eigenvalue weighted by atomic mass is 35.5. The van der Waals surface area contributed by atoms with Crippen LogP contribution in [0.3, 0.4) is 0 Å². The number of rotatable bonds is 4. The van der Waals surface area contributed by atoms with Crippen LogP contribution in [0.2, 0.25) is 5.02 Å². The Hall–Kier alpha value is -0.870. The van der Waals surface area contributed by atoms with Crippen LogP contribution >= 0.6 is 11.6 Å². The molecule has 0 aliphatic rings. The molecule has 0 fully saturated rings. The summed E-state index contributed by atoms with van der Waals surface area (Å²) in [5.41, 5.74) is 5.61. The minimum atomic E-state index is -1.05. The van der Waals surface area contributed by atoms with Crippen LogP contribution in [0, 0.1) is 11.6 Å². The highest BCUT2D eigenvalue weighted by molar-refractivity contribution is 6.32. The molecule has 0 bridgehead atoms. The van der Waals surface area contributed by atoms with Gasteiger partial charge in [-0.15, -0.1) is 0 Å². The summed E-state index contributed by atoms with van der Waals surface area (Å²) < 4.78 is 31.8. The van der Waals surface area contributed by atoms with Gasteiger partial charge in [-0.25, -0.2) is 4.39 Å². The van der Waals surface area contributed by atoms with Gasteiger partial charge in [0, 0.05) is 0 Å². The molecule has 0 aliphatic carbocycles. The summed E-state index contributed by atoms with van der Waals surface area (Å²) in [6, 6.07) is 1.39. The fourth-order valence-corrected chi connectivity index (χ4v) is 1.83. The summed E-state index contributed by atoms with van der Waals surface area (Å²) in [6.45, 7) is 2.18. The van der Waals surface area contributed by atoms with Crippen molar-refractivity contribution in [2.24, 2.45) is 5.73 Å². The zero-order chi connectivity index (χ0) is 12.3. The Morgan fingerprint density at radius 1 is 1.44 bits per heavy atom.